The van der Waals surface area contributed by atoms with Crippen molar-refractivity contribution in [2.45, 2.75) is 97.3 Å². The van der Waals surface area contributed by atoms with Crippen molar-refractivity contribution in [3.8, 4) is 11.3 Å². The SMILES string of the molecule is CCO[C@H](Nc1cc(NC(=O)OC)ccc1-c1nc(CCCC=NC(=O)OC(C)(C)C)[nH]c1COCC[Si](C)(C)C)C(F)(F)F. The third kappa shape index (κ3) is 14.0. The van der Waals surface area contributed by atoms with E-state index in [0.29, 0.717) is 48.6 Å². The molecule has 0 unspecified atom stereocenters. The van der Waals surface area contributed by atoms with Crippen molar-refractivity contribution >= 4 is 37.8 Å². The van der Waals surface area contributed by atoms with E-state index in [1.54, 1.807) is 26.8 Å². The second kappa shape index (κ2) is 16.8. The van der Waals surface area contributed by atoms with Gasteiger partial charge in [0.25, 0.3) is 0 Å². The lowest BCUT2D eigenvalue weighted by molar-refractivity contribution is -0.209. The standard InChI is InChI=1S/C30H46F3N5O6Si/c1-9-43-26(30(31,32)33)37-22-18-20(35-28(40)41-5)13-14-21(22)25-23(19-42-16-17-45(6,7)8)36-24(38-25)12-10-11-15-34-27(39)44-29(2,3)4/h13-15,18,26,37H,9-12,16-17,19H2,1-8H3,(H,35,40)(H,36,38)/t26-/m0/s1. The molecule has 0 radical (unpaired) electrons. The normalized spacial score (nSPS) is 13.1. The molecule has 15 heteroatoms. The first-order valence-corrected chi connectivity index (χ1v) is 18.5. The summed E-state index contributed by atoms with van der Waals surface area (Å²) in [6.07, 6.45) is -5.47. The maximum absolute atomic E-state index is 13.9. The number of H-pyrrole nitrogens is 1. The molecule has 252 valence electrons. The number of alkyl halides is 3. The maximum Gasteiger partial charge on any atom is 0.433 e. The molecule has 1 aromatic heterocycles. The molecule has 11 nitrogen and oxygen atoms in total. The Labute approximate surface area is 263 Å². The first-order valence-electron chi connectivity index (χ1n) is 14.8. The second-order valence-corrected chi connectivity index (χ2v) is 18.1. The van der Waals surface area contributed by atoms with Crippen molar-refractivity contribution in [2.75, 3.05) is 31.0 Å². The predicted molar refractivity (Wildman–Crippen MR) is 171 cm³/mol. The molecule has 0 spiro atoms. The lowest BCUT2D eigenvalue weighted by Crippen LogP contribution is -2.38. The number of aromatic amines is 1. The van der Waals surface area contributed by atoms with Gasteiger partial charge in [0.05, 0.1) is 25.1 Å². The van der Waals surface area contributed by atoms with Crippen LogP contribution in [0, 0.1) is 0 Å². The smallest absolute Gasteiger partial charge is 0.433 e. The molecule has 1 atom stereocenters. The number of nitrogens with one attached hydrogen (secondary N) is 3. The van der Waals surface area contributed by atoms with Gasteiger partial charge in [0.1, 0.15) is 11.4 Å². The molecule has 0 saturated carbocycles. The number of hydrogen-bond acceptors (Lipinski definition) is 8. The molecule has 2 rings (SSSR count). The number of imidazole rings is 1. The highest BCUT2D eigenvalue weighted by atomic mass is 28.3. The Morgan fingerprint density at radius 2 is 1.89 bits per heavy atom. The summed E-state index contributed by atoms with van der Waals surface area (Å²) < 4.78 is 62.3. The summed E-state index contributed by atoms with van der Waals surface area (Å²) in [6.45, 7) is 13.9. The number of aliphatic imine (C=N–C) groups is 1. The third-order valence-corrected chi connectivity index (χ3v) is 7.74. The maximum atomic E-state index is 13.9. The molecule has 45 heavy (non-hydrogen) atoms. The Morgan fingerprint density at radius 1 is 1.18 bits per heavy atom. The van der Waals surface area contributed by atoms with E-state index in [0.717, 1.165) is 6.04 Å². The van der Waals surface area contributed by atoms with Gasteiger partial charge < -0.3 is 29.2 Å². The van der Waals surface area contributed by atoms with Gasteiger partial charge in [-0.15, -0.1) is 0 Å². The van der Waals surface area contributed by atoms with Crippen molar-refractivity contribution in [2.24, 2.45) is 4.99 Å². The number of nitrogens with zero attached hydrogens (tertiary/aromatic N) is 2. The summed E-state index contributed by atoms with van der Waals surface area (Å²) >= 11 is 0. The van der Waals surface area contributed by atoms with Crippen LogP contribution in [0.3, 0.4) is 0 Å². The minimum absolute atomic E-state index is 0.0329. The highest BCUT2D eigenvalue weighted by Crippen LogP contribution is 2.35. The van der Waals surface area contributed by atoms with Crippen LogP contribution < -0.4 is 10.6 Å². The van der Waals surface area contributed by atoms with Crippen LogP contribution in [0.25, 0.3) is 11.3 Å². The number of carbonyl (C=O) groups excluding carboxylic acids is 2. The van der Waals surface area contributed by atoms with Gasteiger partial charge >= 0.3 is 18.4 Å². The van der Waals surface area contributed by atoms with Crippen LogP contribution >= 0.6 is 0 Å². The van der Waals surface area contributed by atoms with Crippen LogP contribution in [-0.4, -0.2) is 74.8 Å². The quantitative estimate of drug-likeness (QED) is 0.0765. The van der Waals surface area contributed by atoms with E-state index in [9.17, 15) is 22.8 Å². The molecule has 0 fully saturated rings. The van der Waals surface area contributed by atoms with Crippen LogP contribution in [0.15, 0.2) is 23.2 Å². The molecule has 1 aromatic carbocycles. The average molecular weight is 658 g/mol. The molecule has 0 aliphatic rings. The number of aryl methyl sites for hydroxylation is 1. The van der Waals surface area contributed by atoms with Gasteiger partial charge in [0.15, 0.2) is 0 Å². The number of ether oxygens (including phenoxy) is 4. The first kappa shape index (κ1) is 37.8. The summed E-state index contributed by atoms with van der Waals surface area (Å²) in [5.41, 5.74) is 0.919. The zero-order valence-electron chi connectivity index (χ0n) is 27.3. The molecular formula is C30H46F3N5O6Si. The van der Waals surface area contributed by atoms with Crippen LogP contribution in [-0.2, 0) is 32.0 Å². The van der Waals surface area contributed by atoms with Gasteiger partial charge in [-0.2, -0.15) is 18.2 Å². The summed E-state index contributed by atoms with van der Waals surface area (Å²) in [4.78, 5) is 35.5. The Bertz CT molecular complexity index is 1290. The van der Waals surface area contributed by atoms with E-state index in [2.05, 4.69) is 45.0 Å². The van der Waals surface area contributed by atoms with E-state index in [1.165, 1.54) is 32.4 Å². The Morgan fingerprint density at radius 3 is 2.49 bits per heavy atom. The molecule has 0 bridgehead atoms. The monoisotopic (exact) mass is 657 g/mol. The van der Waals surface area contributed by atoms with Crippen molar-refractivity contribution in [3.63, 3.8) is 0 Å². The lowest BCUT2D eigenvalue weighted by atomic mass is 10.1. The number of anilines is 2. The zero-order valence-corrected chi connectivity index (χ0v) is 28.3. The van der Waals surface area contributed by atoms with E-state index >= 15 is 0 Å². The first-order chi connectivity index (χ1) is 20.9. The topological polar surface area (TPSA) is 136 Å². The van der Waals surface area contributed by atoms with E-state index in [-0.39, 0.29) is 24.6 Å². The lowest BCUT2D eigenvalue weighted by Gasteiger charge is -2.24. The number of benzene rings is 1. The van der Waals surface area contributed by atoms with Gasteiger partial charge in [-0.05, 0) is 64.8 Å². The third-order valence-electron chi connectivity index (χ3n) is 6.03. The number of carbonyl (C=O) groups is 2. The van der Waals surface area contributed by atoms with Crippen molar-refractivity contribution in [3.05, 3.63) is 29.7 Å². The second-order valence-electron chi connectivity index (χ2n) is 12.5. The summed E-state index contributed by atoms with van der Waals surface area (Å²) in [5.74, 6) is 0.583. The summed E-state index contributed by atoms with van der Waals surface area (Å²) in [7, 11) is -0.181. The number of aromatic nitrogens is 2. The van der Waals surface area contributed by atoms with E-state index < -0.39 is 38.3 Å². The molecule has 0 aliphatic carbocycles. The number of hydrogen-bond donors (Lipinski definition) is 3. The van der Waals surface area contributed by atoms with Crippen molar-refractivity contribution < 1.29 is 41.7 Å². The highest BCUT2D eigenvalue weighted by molar-refractivity contribution is 6.76. The van der Waals surface area contributed by atoms with Gasteiger partial charge in [0, 0.05) is 50.9 Å². The number of unbranched alkanes of at least 4 members (excludes halogenated alkanes) is 1. The van der Waals surface area contributed by atoms with Crippen LogP contribution in [0.1, 0.15) is 52.1 Å². The Balaban J connectivity index is 2.42. The Hall–Kier alpha value is -3.43. The molecule has 2 amide bonds. The van der Waals surface area contributed by atoms with Gasteiger partial charge in [-0.3, -0.25) is 5.32 Å². The summed E-state index contributed by atoms with van der Waals surface area (Å²) in [5, 5.41) is 4.91. The van der Waals surface area contributed by atoms with Crippen LogP contribution in [0.5, 0.6) is 0 Å². The van der Waals surface area contributed by atoms with Crippen LogP contribution in [0.4, 0.5) is 34.1 Å². The van der Waals surface area contributed by atoms with Gasteiger partial charge in [-0.1, -0.05) is 19.6 Å². The van der Waals surface area contributed by atoms with Gasteiger partial charge in [0.2, 0.25) is 6.23 Å². The van der Waals surface area contributed by atoms with Gasteiger partial charge in [-0.25, -0.2) is 14.6 Å². The molecule has 2 aromatic rings. The molecule has 0 saturated heterocycles. The number of rotatable bonds is 15. The minimum atomic E-state index is -4.72. The van der Waals surface area contributed by atoms with Crippen LogP contribution in [0.2, 0.25) is 25.7 Å². The highest BCUT2D eigenvalue weighted by Gasteiger charge is 2.41. The average Bonchev–Trinajstić information content (AvgIpc) is 3.31. The molecular weight excluding hydrogens is 611 g/mol. The fourth-order valence-electron chi connectivity index (χ4n) is 3.89. The minimum Gasteiger partial charge on any atom is -0.453 e. The number of halogens is 3. The fraction of sp³-hybridized carbons (Fsp3) is 0.600. The predicted octanol–water partition coefficient (Wildman–Crippen LogP) is 7.78. The number of methoxy groups -OCH3 is 1. The number of amides is 2. The fourth-order valence-corrected chi connectivity index (χ4v) is 4.65. The molecule has 3 N–H and O–H groups in total. The Kier molecular flexibility index (Phi) is 14.1. The summed E-state index contributed by atoms with van der Waals surface area (Å²) in [6, 6.07) is 5.40. The van der Waals surface area contributed by atoms with E-state index in [1.807, 2.05) is 0 Å². The van der Waals surface area contributed by atoms with E-state index in [4.69, 9.17) is 19.2 Å². The van der Waals surface area contributed by atoms with Crippen molar-refractivity contribution in [1.29, 1.82) is 0 Å². The zero-order chi connectivity index (χ0) is 33.8. The molecule has 0 aliphatic heterocycles. The van der Waals surface area contributed by atoms with Crippen molar-refractivity contribution in [1.82, 2.24) is 9.97 Å². The molecule has 1 heterocycles. The largest absolute Gasteiger partial charge is 0.453 e.